The molecule has 0 atom stereocenters. The fraction of sp³-hybridized carbons (Fsp3) is 0.235. The second-order valence-electron chi connectivity index (χ2n) is 5.44. The zero-order valence-electron chi connectivity index (χ0n) is 13.3. The first-order chi connectivity index (χ1) is 10.9. The molecule has 0 amide bonds. The maximum absolute atomic E-state index is 13.0. The van der Waals surface area contributed by atoms with E-state index >= 15 is 0 Å². The molecule has 0 aliphatic heterocycles. The Hall–Kier alpha value is -1.66. The van der Waals surface area contributed by atoms with E-state index in [0.717, 1.165) is 26.9 Å². The standard InChI is InChI=1S/C17H16BrN3OS/c1-9-5-6-10(2)15(11(9)3)21-8-13(18)14-12(16(21)22)7-19-17(20-14)23-4/h5-8H,1-4H3. The number of benzene rings is 1. The highest BCUT2D eigenvalue weighted by molar-refractivity contribution is 9.10. The first kappa shape index (κ1) is 16.2. The van der Waals surface area contributed by atoms with Gasteiger partial charge in [0, 0.05) is 12.4 Å². The highest BCUT2D eigenvalue weighted by atomic mass is 79.9. The molecule has 0 bridgehead atoms. The van der Waals surface area contributed by atoms with Crippen LogP contribution < -0.4 is 5.56 Å². The molecule has 0 N–H and O–H groups in total. The molecule has 3 aromatic rings. The van der Waals surface area contributed by atoms with E-state index in [1.54, 1.807) is 17.0 Å². The van der Waals surface area contributed by atoms with E-state index in [1.807, 2.05) is 33.1 Å². The van der Waals surface area contributed by atoms with Gasteiger partial charge < -0.3 is 0 Å². The summed E-state index contributed by atoms with van der Waals surface area (Å²) in [6.07, 6.45) is 5.32. The Morgan fingerprint density at radius 2 is 1.87 bits per heavy atom. The van der Waals surface area contributed by atoms with Gasteiger partial charge in [-0.15, -0.1) is 0 Å². The minimum absolute atomic E-state index is 0.104. The zero-order valence-corrected chi connectivity index (χ0v) is 15.7. The van der Waals surface area contributed by atoms with Crippen molar-refractivity contribution in [3.63, 3.8) is 0 Å². The number of hydrogen-bond donors (Lipinski definition) is 0. The molecule has 118 valence electrons. The molecule has 0 spiro atoms. The van der Waals surface area contributed by atoms with E-state index in [2.05, 4.69) is 32.0 Å². The van der Waals surface area contributed by atoms with Crippen molar-refractivity contribution in [1.82, 2.24) is 14.5 Å². The summed E-state index contributed by atoms with van der Waals surface area (Å²) in [5.74, 6) is 0. The Bertz CT molecular complexity index is 982. The quantitative estimate of drug-likeness (QED) is 0.486. The minimum Gasteiger partial charge on any atom is -0.282 e. The van der Waals surface area contributed by atoms with Crippen molar-refractivity contribution in [2.24, 2.45) is 0 Å². The molecule has 1 aromatic carbocycles. The van der Waals surface area contributed by atoms with Crippen molar-refractivity contribution in [2.75, 3.05) is 6.26 Å². The molecule has 0 unspecified atom stereocenters. The van der Waals surface area contributed by atoms with Crippen LogP contribution in [0.3, 0.4) is 0 Å². The van der Waals surface area contributed by atoms with Crippen LogP contribution in [0.2, 0.25) is 0 Å². The predicted octanol–water partition coefficient (Wildman–Crippen LogP) is 4.19. The van der Waals surface area contributed by atoms with Crippen LogP contribution in [0.25, 0.3) is 16.6 Å². The van der Waals surface area contributed by atoms with Gasteiger partial charge in [-0.3, -0.25) is 9.36 Å². The number of rotatable bonds is 2. The topological polar surface area (TPSA) is 47.8 Å². The van der Waals surface area contributed by atoms with Crippen molar-refractivity contribution >= 4 is 38.6 Å². The van der Waals surface area contributed by atoms with E-state index in [1.165, 1.54) is 11.8 Å². The molecular formula is C17H16BrN3OS. The van der Waals surface area contributed by atoms with Gasteiger partial charge in [-0.2, -0.15) is 0 Å². The minimum atomic E-state index is -0.104. The third-order valence-corrected chi connectivity index (χ3v) is 5.15. The lowest BCUT2D eigenvalue weighted by Gasteiger charge is -2.16. The fourth-order valence-corrected chi connectivity index (χ4v) is 3.49. The van der Waals surface area contributed by atoms with Crippen molar-refractivity contribution in [3.8, 4) is 5.69 Å². The van der Waals surface area contributed by atoms with Gasteiger partial charge in [0.25, 0.3) is 5.56 Å². The van der Waals surface area contributed by atoms with Gasteiger partial charge in [-0.05, 0) is 59.6 Å². The number of hydrogen-bond acceptors (Lipinski definition) is 4. The number of aromatic nitrogens is 3. The molecule has 2 heterocycles. The van der Waals surface area contributed by atoms with Gasteiger partial charge in [-0.25, -0.2) is 9.97 Å². The monoisotopic (exact) mass is 389 g/mol. The number of aryl methyl sites for hydroxylation is 2. The van der Waals surface area contributed by atoms with Gasteiger partial charge in [0.05, 0.1) is 21.1 Å². The van der Waals surface area contributed by atoms with Gasteiger partial charge in [-0.1, -0.05) is 23.9 Å². The largest absolute Gasteiger partial charge is 0.282 e. The number of halogens is 1. The van der Waals surface area contributed by atoms with Crippen LogP contribution >= 0.6 is 27.7 Å². The van der Waals surface area contributed by atoms with E-state index in [9.17, 15) is 4.79 Å². The van der Waals surface area contributed by atoms with Crippen LogP contribution in [0.5, 0.6) is 0 Å². The normalized spacial score (nSPS) is 11.2. The molecular weight excluding hydrogens is 374 g/mol. The van der Waals surface area contributed by atoms with Crippen LogP contribution in [-0.2, 0) is 0 Å². The predicted molar refractivity (Wildman–Crippen MR) is 98.8 cm³/mol. The van der Waals surface area contributed by atoms with Crippen LogP contribution in [0.4, 0.5) is 0 Å². The van der Waals surface area contributed by atoms with E-state index in [4.69, 9.17) is 0 Å². The summed E-state index contributed by atoms with van der Waals surface area (Å²) < 4.78 is 2.47. The maximum atomic E-state index is 13.0. The van der Waals surface area contributed by atoms with Crippen molar-refractivity contribution in [2.45, 2.75) is 25.9 Å². The molecule has 0 saturated heterocycles. The molecule has 3 rings (SSSR count). The maximum Gasteiger partial charge on any atom is 0.266 e. The summed E-state index contributed by atoms with van der Waals surface area (Å²) in [5.41, 5.74) is 4.78. The third kappa shape index (κ3) is 2.70. The van der Waals surface area contributed by atoms with E-state index in [-0.39, 0.29) is 5.56 Å². The molecule has 4 nitrogen and oxygen atoms in total. The summed E-state index contributed by atoms with van der Waals surface area (Å²) in [7, 11) is 0. The van der Waals surface area contributed by atoms with E-state index in [0.29, 0.717) is 16.1 Å². The summed E-state index contributed by atoms with van der Waals surface area (Å²) in [4.78, 5) is 21.6. The summed E-state index contributed by atoms with van der Waals surface area (Å²) in [5, 5.41) is 1.16. The lowest BCUT2D eigenvalue weighted by Crippen LogP contribution is -2.21. The second kappa shape index (κ2) is 6.09. The Labute approximate surface area is 147 Å². The molecule has 6 heteroatoms. The zero-order chi connectivity index (χ0) is 16.7. The Kier molecular flexibility index (Phi) is 4.29. The number of nitrogens with zero attached hydrogens (tertiary/aromatic N) is 3. The molecule has 2 aromatic heterocycles. The summed E-state index contributed by atoms with van der Waals surface area (Å²) in [6.45, 7) is 6.10. The molecule has 0 saturated carbocycles. The highest BCUT2D eigenvalue weighted by Gasteiger charge is 2.15. The Morgan fingerprint density at radius 3 is 2.57 bits per heavy atom. The molecule has 23 heavy (non-hydrogen) atoms. The molecule has 0 radical (unpaired) electrons. The van der Waals surface area contributed by atoms with Crippen LogP contribution in [0, 0.1) is 20.8 Å². The SMILES string of the molecule is CSc1ncc2c(=O)n(-c3c(C)ccc(C)c3C)cc(Br)c2n1. The van der Waals surface area contributed by atoms with Gasteiger partial charge in [0.1, 0.15) is 0 Å². The number of pyridine rings is 1. The van der Waals surface area contributed by atoms with Crippen molar-refractivity contribution in [3.05, 3.63) is 56.0 Å². The third-order valence-electron chi connectivity index (χ3n) is 4.01. The van der Waals surface area contributed by atoms with E-state index < -0.39 is 0 Å². The average molecular weight is 390 g/mol. The molecule has 0 fully saturated rings. The molecule has 0 aliphatic rings. The van der Waals surface area contributed by atoms with Crippen LogP contribution in [0.1, 0.15) is 16.7 Å². The summed E-state index contributed by atoms with van der Waals surface area (Å²) >= 11 is 5.00. The smallest absolute Gasteiger partial charge is 0.266 e. The first-order valence-electron chi connectivity index (χ1n) is 7.13. The van der Waals surface area contributed by atoms with Gasteiger partial charge in [0.2, 0.25) is 0 Å². The average Bonchev–Trinajstić information content (AvgIpc) is 2.55. The second-order valence-corrected chi connectivity index (χ2v) is 7.07. The first-order valence-corrected chi connectivity index (χ1v) is 9.15. The lowest BCUT2D eigenvalue weighted by molar-refractivity contribution is 0.947. The van der Waals surface area contributed by atoms with Crippen LogP contribution in [-0.4, -0.2) is 20.8 Å². The molecule has 0 aliphatic carbocycles. The summed E-state index contributed by atoms with van der Waals surface area (Å²) in [6, 6.07) is 4.11. The Balaban J connectivity index is 2.39. The van der Waals surface area contributed by atoms with Gasteiger partial charge >= 0.3 is 0 Å². The van der Waals surface area contributed by atoms with Crippen LogP contribution in [0.15, 0.2) is 39.0 Å². The van der Waals surface area contributed by atoms with Crippen molar-refractivity contribution in [1.29, 1.82) is 0 Å². The van der Waals surface area contributed by atoms with Gasteiger partial charge in [0.15, 0.2) is 5.16 Å². The lowest BCUT2D eigenvalue weighted by atomic mass is 10.0. The number of fused-ring (bicyclic) bond motifs is 1. The highest BCUT2D eigenvalue weighted by Crippen LogP contribution is 2.26. The number of thioether (sulfide) groups is 1. The van der Waals surface area contributed by atoms with Crippen molar-refractivity contribution < 1.29 is 0 Å². The fourth-order valence-electron chi connectivity index (χ4n) is 2.64. The Morgan fingerprint density at radius 1 is 1.17 bits per heavy atom.